The van der Waals surface area contributed by atoms with Gasteiger partial charge in [-0.05, 0) is 42.8 Å². The minimum Gasteiger partial charge on any atom is -0.339 e. The highest BCUT2D eigenvalue weighted by atomic mass is 32.2. The van der Waals surface area contributed by atoms with Gasteiger partial charge in [0.25, 0.3) is 11.3 Å². The number of carbonyl (C=O) groups is 1. The Kier molecular flexibility index (Phi) is 4.80. The van der Waals surface area contributed by atoms with E-state index in [2.05, 4.69) is 10.3 Å². The Labute approximate surface area is 145 Å². The van der Waals surface area contributed by atoms with Crippen LogP contribution in [0.5, 0.6) is 0 Å². The number of benzene rings is 1. The van der Waals surface area contributed by atoms with Gasteiger partial charge in [0.1, 0.15) is 17.0 Å². The van der Waals surface area contributed by atoms with Crippen LogP contribution >= 0.6 is 11.8 Å². The number of carbonyl (C=O) groups excluding carboxylic acids is 1. The molecule has 0 atom stereocenters. The Morgan fingerprint density at radius 2 is 1.96 bits per heavy atom. The fourth-order valence-corrected chi connectivity index (χ4v) is 2.87. The Hall–Kier alpha value is -2.74. The van der Waals surface area contributed by atoms with Crippen LogP contribution in [0.3, 0.4) is 0 Å². The first kappa shape index (κ1) is 17.1. The van der Waals surface area contributed by atoms with Crippen LogP contribution < -0.4 is 10.9 Å². The lowest BCUT2D eigenvalue weighted by Crippen LogP contribution is -2.22. The molecule has 1 aromatic carbocycles. The van der Waals surface area contributed by atoms with Crippen LogP contribution in [-0.2, 0) is 0 Å². The molecule has 0 saturated carbocycles. The van der Waals surface area contributed by atoms with Crippen LogP contribution in [0.1, 0.15) is 15.9 Å². The third-order valence-electron chi connectivity index (χ3n) is 3.54. The Morgan fingerprint density at radius 1 is 1.24 bits per heavy atom. The molecule has 128 valence electrons. The number of anilines is 2. The Morgan fingerprint density at radius 3 is 2.60 bits per heavy atom. The predicted octanol–water partition coefficient (Wildman–Crippen LogP) is 3.87. The molecule has 0 aliphatic rings. The van der Waals surface area contributed by atoms with Gasteiger partial charge in [0.15, 0.2) is 6.29 Å². The third kappa shape index (κ3) is 3.53. The van der Waals surface area contributed by atoms with Gasteiger partial charge in [-0.15, -0.1) is 0 Å². The van der Waals surface area contributed by atoms with Crippen molar-refractivity contribution in [3.63, 3.8) is 0 Å². The number of aromatic nitrogens is 2. The number of nitrogens with one attached hydrogen (secondary N) is 1. The van der Waals surface area contributed by atoms with Gasteiger partial charge in [-0.2, -0.15) is 8.78 Å². The molecule has 0 radical (unpaired) electrons. The van der Waals surface area contributed by atoms with Crippen molar-refractivity contribution in [1.29, 1.82) is 0 Å². The average Bonchev–Trinajstić information content (AvgIpc) is 2.57. The summed E-state index contributed by atoms with van der Waals surface area (Å²) < 4.78 is 26.0. The molecular weight excluding hydrogens is 348 g/mol. The SMILES string of the molecule is Cc1cccn2c(=O)c(C=O)c(Nc3ccc(SC(F)F)cc3)nc12. The lowest BCUT2D eigenvalue weighted by atomic mass is 10.2. The highest BCUT2D eigenvalue weighted by Gasteiger charge is 2.13. The maximum atomic E-state index is 12.5. The van der Waals surface area contributed by atoms with E-state index in [1.807, 2.05) is 13.0 Å². The minimum absolute atomic E-state index is 0.103. The number of aldehydes is 1. The van der Waals surface area contributed by atoms with Crippen molar-refractivity contribution < 1.29 is 13.6 Å². The van der Waals surface area contributed by atoms with Gasteiger partial charge in [-0.1, -0.05) is 17.8 Å². The van der Waals surface area contributed by atoms with Crippen molar-refractivity contribution in [2.75, 3.05) is 5.32 Å². The molecule has 0 aliphatic heterocycles. The zero-order valence-electron chi connectivity index (χ0n) is 13.1. The second kappa shape index (κ2) is 7.02. The molecule has 0 aliphatic carbocycles. The van der Waals surface area contributed by atoms with Crippen LogP contribution in [0.15, 0.2) is 52.3 Å². The number of alkyl halides is 2. The highest BCUT2D eigenvalue weighted by Crippen LogP contribution is 2.27. The van der Waals surface area contributed by atoms with Crippen molar-refractivity contribution in [2.24, 2.45) is 0 Å². The van der Waals surface area contributed by atoms with Gasteiger partial charge < -0.3 is 5.32 Å². The molecule has 8 heteroatoms. The lowest BCUT2D eigenvalue weighted by molar-refractivity contribution is 0.112. The van der Waals surface area contributed by atoms with E-state index >= 15 is 0 Å². The zero-order valence-corrected chi connectivity index (χ0v) is 13.9. The average molecular weight is 361 g/mol. The minimum atomic E-state index is -2.49. The Balaban J connectivity index is 2.02. The van der Waals surface area contributed by atoms with Crippen molar-refractivity contribution in [2.45, 2.75) is 17.6 Å². The molecule has 2 aromatic heterocycles. The van der Waals surface area contributed by atoms with E-state index in [4.69, 9.17) is 0 Å². The molecule has 0 fully saturated rings. The van der Waals surface area contributed by atoms with Crippen LogP contribution in [-0.4, -0.2) is 21.4 Å². The van der Waals surface area contributed by atoms with Crippen LogP contribution in [0.2, 0.25) is 0 Å². The van der Waals surface area contributed by atoms with E-state index in [1.165, 1.54) is 16.5 Å². The predicted molar refractivity (Wildman–Crippen MR) is 93.2 cm³/mol. The van der Waals surface area contributed by atoms with E-state index in [-0.39, 0.29) is 11.4 Å². The summed E-state index contributed by atoms with van der Waals surface area (Å²) in [6.07, 6.45) is 2.00. The zero-order chi connectivity index (χ0) is 18.0. The van der Waals surface area contributed by atoms with Gasteiger partial charge in [0.05, 0.1) is 0 Å². The first-order chi connectivity index (χ1) is 12.0. The standard InChI is InChI=1S/C17H13F2N3O2S/c1-10-3-2-8-22-15(10)21-14(13(9-23)16(22)24)20-11-4-6-12(7-5-11)25-17(18)19/h2-9,17,20H,1H3. The topological polar surface area (TPSA) is 63.5 Å². The van der Waals surface area contributed by atoms with Crippen LogP contribution in [0, 0.1) is 6.92 Å². The fourth-order valence-electron chi connectivity index (χ4n) is 2.37. The summed E-state index contributed by atoms with van der Waals surface area (Å²) in [5, 5.41) is 2.91. The molecular formula is C17H13F2N3O2S. The maximum Gasteiger partial charge on any atom is 0.288 e. The molecule has 3 rings (SSSR count). The number of halogens is 2. The first-order valence-corrected chi connectivity index (χ1v) is 8.16. The number of hydrogen-bond donors (Lipinski definition) is 1. The normalized spacial score (nSPS) is 11.0. The summed E-state index contributed by atoms with van der Waals surface area (Å²) in [5.41, 5.74) is 1.17. The number of fused-ring (bicyclic) bond motifs is 1. The van der Waals surface area contributed by atoms with E-state index in [9.17, 15) is 18.4 Å². The van der Waals surface area contributed by atoms with E-state index in [0.29, 0.717) is 34.3 Å². The number of aryl methyl sites for hydroxylation is 1. The number of hydrogen-bond acceptors (Lipinski definition) is 5. The van der Waals surface area contributed by atoms with Crippen molar-refractivity contribution in [1.82, 2.24) is 9.38 Å². The molecule has 3 aromatic rings. The number of pyridine rings is 1. The van der Waals surface area contributed by atoms with Crippen molar-refractivity contribution >= 4 is 35.2 Å². The third-order valence-corrected chi connectivity index (χ3v) is 4.27. The first-order valence-electron chi connectivity index (χ1n) is 7.28. The molecule has 1 N–H and O–H groups in total. The molecule has 25 heavy (non-hydrogen) atoms. The largest absolute Gasteiger partial charge is 0.339 e. The molecule has 0 saturated heterocycles. The van der Waals surface area contributed by atoms with Gasteiger partial charge in [-0.25, -0.2) is 4.98 Å². The smallest absolute Gasteiger partial charge is 0.288 e. The molecule has 0 bridgehead atoms. The highest BCUT2D eigenvalue weighted by molar-refractivity contribution is 7.99. The van der Waals surface area contributed by atoms with Crippen molar-refractivity contribution in [3.05, 3.63) is 64.1 Å². The second-order valence-electron chi connectivity index (χ2n) is 5.21. The second-order valence-corrected chi connectivity index (χ2v) is 6.27. The number of thioether (sulfide) groups is 1. The molecule has 0 amide bonds. The summed E-state index contributed by atoms with van der Waals surface area (Å²) in [7, 11) is 0. The van der Waals surface area contributed by atoms with Gasteiger partial charge in [0.2, 0.25) is 0 Å². The van der Waals surface area contributed by atoms with Crippen LogP contribution in [0.4, 0.5) is 20.3 Å². The Bertz CT molecular complexity index is 988. The fraction of sp³-hybridized carbons (Fsp3) is 0.118. The molecule has 2 heterocycles. The number of rotatable bonds is 5. The van der Waals surface area contributed by atoms with E-state index in [0.717, 1.165) is 5.56 Å². The van der Waals surface area contributed by atoms with E-state index in [1.54, 1.807) is 24.4 Å². The van der Waals surface area contributed by atoms with Crippen LogP contribution in [0.25, 0.3) is 5.65 Å². The van der Waals surface area contributed by atoms with Gasteiger partial charge >= 0.3 is 0 Å². The quantitative estimate of drug-likeness (QED) is 0.552. The maximum absolute atomic E-state index is 12.5. The molecule has 5 nitrogen and oxygen atoms in total. The summed E-state index contributed by atoms with van der Waals surface area (Å²) in [6, 6.07) is 9.73. The van der Waals surface area contributed by atoms with Gasteiger partial charge in [0, 0.05) is 16.8 Å². The summed E-state index contributed by atoms with van der Waals surface area (Å²) in [4.78, 5) is 28.6. The molecule has 0 spiro atoms. The summed E-state index contributed by atoms with van der Waals surface area (Å²) >= 11 is 0.441. The lowest BCUT2D eigenvalue weighted by Gasteiger charge is -2.11. The summed E-state index contributed by atoms with van der Waals surface area (Å²) in [5.74, 6) is -2.37. The van der Waals surface area contributed by atoms with Crippen molar-refractivity contribution in [3.8, 4) is 0 Å². The summed E-state index contributed by atoms with van der Waals surface area (Å²) in [6.45, 7) is 1.81. The van der Waals surface area contributed by atoms with Gasteiger partial charge in [-0.3, -0.25) is 14.0 Å². The van der Waals surface area contributed by atoms with E-state index < -0.39 is 11.3 Å². The number of nitrogens with zero attached hydrogens (tertiary/aromatic N) is 2. The monoisotopic (exact) mass is 361 g/mol. The molecule has 0 unspecified atom stereocenters.